The average molecular weight is 386 g/mol. The number of fused-ring (bicyclic) bond motifs is 1. The number of nitrogens with one attached hydrogen (secondary N) is 1. The number of aromatic amines is 1. The second-order valence-electron chi connectivity index (χ2n) is 6.76. The number of anilines is 1. The fourth-order valence-electron chi connectivity index (χ4n) is 3.34. The van der Waals surface area contributed by atoms with Gasteiger partial charge < -0.3 is 10.7 Å². The van der Waals surface area contributed by atoms with Crippen LogP contribution in [0.15, 0.2) is 41.2 Å². The van der Waals surface area contributed by atoms with Crippen LogP contribution in [-0.4, -0.2) is 21.4 Å². The molecule has 4 rings (SSSR count). The number of nitrogen functional groups attached to an aromatic ring is 1. The molecule has 0 bridgehead atoms. The Morgan fingerprint density at radius 3 is 2.57 bits per heavy atom. The maximum atomic E-state index is 14.0. The zero-order valence-corrected chi connectivity index (χ0v) is 14.8. The molecule has 2 aromatic carbocycles. The van der Waals surface area contributed by atoms with Crippen LogP contribution in [-0.2, 0) is 19.5 Å². The molecule has 2 heterocycles. The van der Waals surface area contributed by atoms with Gasteiger partial charge in [-0.25, -0.2) is 18.2 Å². The van der Waals surface area contributed by atoms with E-state index in [4.69, 9.17) is 5.73 Å². The van der Waals surface area contributed by atoms with E-state index in [0.29, 0.717) is 42.3 Å². The van der Waals surface area contributed by atoms with Crippen molar-refractivity contribution in [1.29, 1.82) is 0 Å². The summed E-state index contributed by atoms with van der Waals surface area (Å²) in [6, 6.07) is 9.09. The first-order valence-electron chi connectivity index (χ1n) is 8.75. The van der Waals surface area contributed by atoms with Crippen LogP contribution >= 0.6 is 0 Å². The van der Waals surface area contributed by atoms with E-state index < -0.39 is 17.5 Å². The molecule has 1 aliphatic heterocycles. The van der Waals surface area contributed by atoms with Gasteiger partial charge in [0.25, 0.3) is 5.56 Å². The van der Waals surface area contributed by atoms with E-state index in [0.717, 1.165) is 11.6 Å². The van der Waals surface area contributed by atoms with Gasteiger partial charge in [0.2, 0.25) is 0 Å². The van der Waals surface area contributed by atoms with Gasteiger partial charge in [0, 0.05) is 42.0 Å². The molecule has 0 saturated heterocycles. The summed E-state index contributed by atoms with van der Waals surface area (Å²) >= 11 is 0. The topological polar surface area (TPSA) is 75.0 Å². The summed E-state index contributed by atoms with van der Waals surface area (Å²) in [5, 5.41) is 0. The Morgan fingerprint density at radius 2 is 1.82 bits per heavy atom. The Kier molecular flexibility index (Phi) is 4.64. The second-order valence-corrected chi connectivity index (χ2v) is 6.76. The van der Waals surface area contributed by atoms with Crippen molar-refractivity contribution in [3.63, 3.8) is 0 Å². The van der Waals surface area contributed by atoms with E-state index in [1.807, 2.05) is 4.90 Å². The molecule has 8 heteroatoms. The molecule has 1 aliphatic rings. The highest BCUT2D eigenvalue weighted by atomic mass is 19.2. The molecule has 3 N–H and O–H groups in total. The quantitative estimate of drug-likeness (QED) is 0.536. The van der Waals surface area contributed by atoms with Gasteiger partial charge in [-0.2, -0.15) is 0 Å². The molecule has 3 aromatic rings. The smallest absolute Gasteiger partial charge is 0.254 e. The van der Waals surface area contributed by atoms with Crippen molar-refractivity contribution in [3.05, 3.63) is 81.0 Å². The highest BCUT2D eigenvalue weighted by Crippen LogP contribution is 2.22. The van der Waals surface area contributed by atoms with Gasteiger partial charge in [-0.15, -0.1) is 0 Å². The van der Waals surface area contributed by atoms with E-state index in [1.54, 1.807) is 24.3 Å². The minimum Gasteiger partial charge on any atom is -0.399 e. The third-order valence-electron chi connectivity index (χ3n) is 4.85. The standard InChI is InChI=1S/C20H17F3N4O/c21-15-6-3-12(17(22)18(15)23)9-27-8-7-14-16(10-27)25-19(26-20(14)28)11-1-4-13(24)5-2-11/h1-6H,7-10,24H2,(H,25,26,28). The zero-order chi connectivity index (χ0) is 19.8. The number of hydrogen-bond donors (Lipinski definition) is 2. The van der Waals surface area contributed by atoms with E-state index in [-0.39, 0.29) is 17.7 Å². The highest BCUT2D eigenvalue weighted by molar-refractivity contribution is 5.58. The Labute approximate surface area is 158 Å². The van der Waals surface area contributed by atoms with Crippen LogP contribution in [0.1, 0.15) is 16.8 Å². The predicted molar refractivity (Wildman–Crippen MR) is 98.8 cm³/mol. The number of nitrogens with two attached hydrogens (primary N) is 1. The monoisotopic (exact) mass is 386 g/mol. The first-order chi connectivity index (χ1) is 13.4. The minimum absolute atomic E-state index is 0.0611. The molecule has 28 heavy (non-hydrogen) atoms. The normalized spacial score (nSPS) is 14.1. The summed E-state index contributed by atoms with van der Waals surface area (Å²) in [6.45, 7) is 0.880. The van der Waals surface area contributed by atoms with Crippen LogP contribution in [0.5, 0.6) is 0 Å². The lowest BCUT2D eigenvalue weighted by atomic mass is 10.0. The van der Waals surface area contributed by atoms with Crippen LogP contribution in [0.4, 0.5) is 18.9 Å². The summed E-state index contributed by atoms with van der Waals surface area (Å²) < 4.78 is 40.6. The molecule has 0 atom stereocenters. The summed E-state index contributed by atoms with van der Waals surface area (Å²) in [4.78, 5) is 21.6. The maximum Gasteiger partial charge on any atom is 0.254 e. The number of hydrogen-bond acceptors (Lipinski definition) is 4. The van der Waals surface area contributed by atoms with Crippen molar-refractivity contribution >= 4 is 5.69 Å². The molecular weight excluding hydrogens is 369 g/mol. The molecule has 0 spiro atoms. The fraction of sp³-hybridized carbons (Fsp3) is 0.200. The van der Waals surface area contributed by atoms with Gasteiger partial charge >= 0.3 is 0 Å². The van der Waals surface area contributed by atoms with Crippen molar-refractivity contribution < 1.29 is 13.2 Å². The third kappa shape index (κ3) is 3.38. The molecular formula is C20H17F3N4O. The summed E-state index contributed by atoms with van der Waals surface area (Å²) in [6.07, 6.45) is 0.435. The Balaban J connectivity index is 1.62. The summed E-state index contributed by atoms with van der Waals surface area (Å²) in [5.74, 6) is -3.46. The van der Waals surface area contributed by atoms with Crippen LogP contribution in [0.2, 0.25) is 0 Å². The van der Waals surface area contributed by atoms with Crippen molar-refractivity contribution in [2.75, 3.05) is 12.3 Å². The lowest BCUT2D eigenvalue weighted by Crippen LogP contribution is -2.35. The summed E-state index contributed by atoms with van der Waals surface area (Å²) in [5.41, 5.74) is 8.03. The first-order valence-corrected chi connectivity index (χ1v) is 8.75. The van der Waals surface area contributed by atoms with E-state index in [9.17, 15) is 18.0 Å². The Morgan fingerprint density at radius 1 is 1.07 bits per heavy atom. The lowest BCUT2D eigenvalue weighted by molar-refractivity contribution is 0.236. The van der Waals surface area contributed by atoms with Crippen molar-refractivity contribution in [2.45, 2.75) is 19.5 Å². The zero-order valence-electron chi connectivity index (χ0n) is 14.8. The van der Waals surface area contributed by atoms with Crippen LogP contribution in [0, 0.1) is 17.5 Å². The van der Waals surface area contributed by atoms with Crippen LogP contribution in [0.25, 0.3) is 11.4 Å². The number of H-pyrrole nitrogens is 1. The first kappa shape index (κ1) is 18.2. The van der Waals surface area contributed by atoms with Crippen molar-refractivity contribution in [2.24, 2.45) is 0 Å². The van der Waals surface area contributed by atoms with Gasteiger partial charge in [0.05, 0.1) is 5.69 Å². The Bertz CT molecular complexity index is 1100. The largest absolute Gasteiger partial charge is 0.399 e. The second kappa shape index (κ2) is 7.12. The van der Waals surface area contributed by atoms with Crippen LogP contribution < -0.4 is 11.3 Å². The molecule has 0 fully saturated rings. The van der Waals surface area contributed by atoms with E-state index >= 15 is 0 Å². The van der Waals surface area contributed by atoms with Gasteiger partial charge in [-0.3, -0.25) is 9.69 Å². The number of aromatic nitrogens is 2. The average Bonchev–Trinajstić information content (AvgIpc) is 2.69. The number of benzene rings is 2. The molecule has 144 valence electrons. The van der Waals surface area contributed by atoms with Crippen molar-refractivity contribution in [3.8, 4) is 11.4 Å². The molecule has 5 nitrogen and oxygen atoms in total. The maximum absolute atomic E-state index is 14.0. The molecule has 0 radical (unpaired) electrons. The van der Waals surface area contributed by atoms with E-state index in [2.05, 4.69) is 9.97 Å². The predicted octanol–water partition coefficient (Wildman–Crippen LogP) is 2.99. The minimum atomic E-state index is -1.48. The van der Waals surface area contributed by atoms with Gasteiger partial charge in [-0.05, 0) is 36.8 Å². The number of halogens is 3. The lowest BCUT2D eigenvalue weighted by Gasteiger charge is -2.28. The van der Waals surface area contributed by atoms with Crippen LogP contribution in [0.3, 0.4) is 0 Å². The molecule has 0 amide bonds. The SMILES string of the molecule is Nc1ccc(-c2nc3c(c(=O)[nH]2)CCN(Cc2ccc(F)c(F)c2F)C3)cc1. The van der Waals surface area contributed by atoms with Crippen molar-refractivity contribution in [1.82, 2.24) is 14.9 Å². The third-order valence-corrected chi connectivity index (χ3v) is 4.85. The number of rotatable bonds is 3. The van der Waals surface area contributed by atoms with Gasteiger partial charge in [0.15, 0.2) is 17.5 Å². The molecule has 1 aromatic heterocycles. The highest BCUT2D eigenvalue weighted by Gasteiger charge is 2.23. The summed E-state index contributed by atoms with van der Waals surface area (Å²) in [7, 11) is 0. The van der Waals surface area contributed by atoms with Gasteiger partial charge in [0.1, 0.15) is 5.82 Å². The molecule has 0 unspecified atom stereocenters. The van der Waals surface area contributed by atoms with E-state index in [1.165, 1.54) is 6.07 Å². The van der Waals surface area contributed by atoms with Gasteiger partial charge in [-0.1, -0.05) is 6.07 Å². The molecule has 0 saturated carbocycles. The fourth-order valence-corrected chi connectivity index (χ4v) is 3.34. The number of nitrogens with zero attached hydrogens (tertiary/aromatic N) is 2. The Hall–Kier alpha value is -3.13. The molecule has 0 aliphatic carbocycles.